The third kappa shape index (κ3) is 4.77. The predicted octanol–water partition coefficient (Wildman–Crippen LogP) is 6.90. The number of hydrogen-bond acceptors (Lipinski definition) is 0. The summed E-state index contributed by atoms with van der Waals surface area (Å²) < 4.78 is 0.594. The summed E-state index contributed by atoms with van der Waals surface area (Å²) in [5.41, 5.74) is 5.76. The van der Waals surface area contributed by atoms with Gasteiger partial charge in [-0.1, -0.05) is 0 Å². The number of hydrogen-bond donors (Lipinski definition) is 0. The molecule has 0 nitrogen and oxygen atoms in total. The summed E-state index contributed by atoms with van der Waals surface area (Å²) in [5, 5.41) is 0. The first-order valence-electron chi connectivity index (χ1n) is 9.71. The van der Waals surface area contributed by atoms with E-state index in [1.807, 2.05) is 0 Å². The summed E-state index contributed by atoms with van der Waals surface area (Å²) in [6.45, 7) is 4.88. The van der Waals surface area contributed by atoms with Gasteiger partial charge >= 0.3 is 176 Å². The Hall–Kier alpha value is -1.72. The van der Waals surface area contributed by atoms with Crippen molar-refractivity contribution in [1.29, 1.82) is 0 Å². The molecule has 0 aliphatic heterocycles. The van der Waals surface area contributed by atoms with Gasteiger partial charge in [0, 0.05) is 0 Å². The Balaban J connectivity index is 1.44. The van der Waals surface area contributed by atoms with E-state index in [1.165, 1.54) is 22.3 Å². The van der Waals surface area contributed by atoms with E-state index in [0.29, 0.717) is 6.25 Å². The Bertz CT molecular complexity index is 840. The third-order valence-corrected chi connectivity index (χ3v) is 9.48. The fourth-order valence-electron chi connectivity index (χ4n) is 4.14. The molecule has 2 aromatic rings. The number of rotatable bonds is 6. The summed E-state index contributed by atoms with van der Waals surface area (Å²) in [6.07, 6.45) is 16.9. The van der Waals surface area contributed by atoms with E-state index >= 15 is 0 Å². The summed E-state index contributed by atoms with van der Waals surface area (Å²) in [7, 11) is 0. The molecule has 0 aromatic heterocycles. The standard InChI is InChI=1S/2C13H13.Zr/c2*1-11-7-8-13(9-11)10-12-5-3-2-4-6-12;/h2*2-9H,10H2,1H3;. The molecule has 2 atom stereocenters. The molecule has 0 radical (unpaired) electrons. The van der Waals surface area contributed by atoms with E-state index in [9.17, 15) is 0 Å². The van der Waals surface area contributed by atoms with Crippen molar-refractivity contribution < 1.29 is 23.2 Å². The maximum absolute atomic E-state index is 2.55. The van der Waals surface area contributed by atoms with Gasteiger partial charge in [-0.05, 0) is 0 Å². The second kappa shape index (κ2) is 7.72. The molecule has 0 bridgehead atoms. The normalized spacial score (nSPS) is 26.1. The molecule has 0 saturated heterocycles. The fraction of sp³-hybridized carbons (Fsp3) is 0.231. The summed E-state index contributed by atoms with van der Waals surface area (Å²) in [4.78, 5) is 0. The Morgan fingerprint density at radius 2 is 1.04 bits per heavy atom. The molecule has 0 spiro atoms. The molecule has 0 fully saturated rings. The Kier molecular flexibility index (Phi) is 5.33. The van der Waals surface area contributed by atoms with Crippen LogP contribution in [0.1, 0.15) is 25.0 Å². The van der Waals surface area contributed by atoms with E-state index in [2.05, 4.69) is 111 Å². The minimum atomic E-state index is -0.736. The van der Waals surface area contributed by atoms with Crippen LogP contribution in [0.5, 0.6) is 0 Å². The van der Waals surface area contributed by atoms with Crippen molar-refractivity contribution in [1.82, 2.24) is 0 Å². The second-order valence-electron chi connectivity index (χ2n) is 8.12. The van der Waals surface area contributed by atoms with Crippen LogP contribution in [0.4, 0.5) is 0 Å². The van der Waals surface area contributed by atoms with Gasteiger partial charge in [0.25, 0.3) is 0 Å². The maximum atomic E-state index is 2.55. The van der Waals surface area contributed by atoms with Crippen LogP contribution in [-0.2, 0) is 36.1 Å². The summed E-state index contributed by atoms with van der Waals surface area (Å²) in [6, 6.07) is 21.6. The van der Waals surface area contributed by atoms with Crippen LogP contribution in [0.2, 0.25) is 6.25 Å². The van der Waals surface area contributed by atoms with Crippen LogP contribution in [-0.4, -0.2) is 0 Å². The van der Waals surface area contributed by atoms with Crippen molar-refractivity contribution in [2.75, 3.05) is 0 Å². The molecule has 2 unspecified atom stereocenters. The zero-order valence-corrected chi connectivity index (χ0v) is 18.6. The first-order chi connectivity index (χ1) is 13.0. The van der Waals surface area contributed by atoms with Crippen molar-refractivity contribution in [3.05, 3.63) is 119 Å². The Labute approximate surface area is 175 Å². The molecule has 2 aliphatic rings. The van der Waals surface area contributed by atoms with E-state index < -0.39 is 23.2 Å². The number of allylic oxidation sites excluding steroid dienone is 8. The van der Waals surface area contributed by atoms with Crippen LogP contribution in [0.25, 0.3) is 0 Å². The molecule has 2 aromatic carbocycles. The van der Waals surface area contributed by atoms with Gasteiger partial charge in [-0.25, -0.2) is 0 Å². The van der Waals surface area contributed by atoms with Gasteiger partial charge in [0.1, 0.15) is 0 Å². The second-order valence-corrected chi connectivity index (χ2v) is 14.0. The average molecular weight is 430 g/mol. The van der Waals surface area contributed by atoms with E-state index in [0.717, 1.165) is 12.8 Å². The van der Waals surface area contributed by atoms with Gasteiger partial charge in [-0.3, -0.25) is 0 Å². The summed E-state index contributed by atoms with van der Waals surface area (Å²) in [5.74, 6) is 0. The van der Waals surface area contributed by atoms with E-state index in [-0.39, 0.29) is 0 Å². The van der Waals surface area contributed by atoms with Crippen LogP contribution in [0.3, 0.4) is 0 Å². The van der Waals surface area contributed by atoms with Gasteiger partial charge in [-0.15, -0.1) is 0 Å². The van der Waals surface area contributed by atoms with E-state index in [1.54, 1.807) is 0 Å². The fourth-order valence-corrected chi connectivity index (χ4v) is 9.08. The molecule has 2 aliphatic carbocycles. The Morgan fingerprint density at radius 3 is 1.44 bits per heavy atom. The van der Waals surface area contributed by atoms with Crippen molar-refractivity contribution in [3.63, 3.8) is 0 Å². The number of benzene rings is 2. The van der Waals surface area contributed by atoms with Crippen molar-refractivity contribution in [2.45, 2.75) is 32.9 Å². The predicted molar refractivity (Wildman–Crippen MR) is 111 cm³/mol. The van der Waals surface area contributed by atoms with E-state index in [4.69, 9.17) is 0 Å². The molecule has 27 heavy (non-hydrogen) atoms. The molecule has 0 amide bonds. The van der Waals surface area contributed by atoms with Gasteiger partial charge in [0.05, 0.1) is 0 Å². The molecular formula is C26H26Zr. The molecule has 0 N–H and O–H groups in total. The third-order valence-electron chi connectivity index (χ3n) is 5.30. The first-order valence-corrected chi connectivity index (χ1v) is 12.2. The molecule has 0 saturated carbocycles. The molecule has 134 valence electrons. The van der Waals surface area contributed by atoms with Crippen LogP contribution >= 0.6 is 0 Å². The molecule has 0 heterocycles. The van der Waals surface area contributed by atoms with Crippen LogP contribution in [0, 0.1) is 0 Å². The Morgan fingerprint density at radius 1 is 0.630 bits per heavy atom. The quantitative estimate of drug-likeness (QED) is 0.468. The summed E-state index contributed by atoms with van der Waals surface area (Å²) >= 11 is -0.736. The van der Waals surface area contributed by atoms with Crippen LogP contribution < -0.4 is 0 Å². The first kappa shape index (κ1) is 18.6. The van der Waals surface area contributed by atoms with Crippen molar-refractivity contribution >= 4 is 0 Å². The zero-order valence-electron chi connectivity index (χ0n) is 16.2. The molecule has 1 heteroatoms. The van der Waals surface area contributed by atoms with Gasteiger partial charge < -0.3 is 0 Å². The van der Waals surface area contributed by atoms with Crippen molar-refractivity contribution in [3.8, 4) is 0 Å². The van der Waals surface area contributed by atoms with Gasteiger partial charge in [0.2, 0.25) is 0 Å². The minimum absolute atomic E-state index is 0.297. The molecular weight excluding hydrogens is 404 g/mol. The van der Waals surface area contributed by atoms with Gasteiger partial charge in [0.15, 0.2) is 0 Å². The SMILES string of the molecule is C[C]1([Zr][C]2(C)C=CC(Cc3ccccc3)=C2)C=CC(Cc2ccccc2)=C1. The average Bonchev–Trinajstić information content (AvgIpc) is 3.19. The zero-order chi connectivity index (χ0) is 18.7. The molecule has 4 rings (SSSR count). The van der Waals surface area contributed by atoms with Gasteiger partial charge in [-0.2, -0.15) is 0 Å². The monoisotopic (exact) mass is 428 g/mol. The van der Waals surface area contributed by atoms with Crippen LogP contribution in [0.15, 0.2) is 108 Å². The topological polar surface area (TPSA) is 0 Å². The van der Waals surface area contributed by atoms with Crippen molar-refractivity contribution in [2.24, 2.45) is 0 Å².